The standard InChI is InChI=1S/C19H30N4O2S/c1-12(2)23-10-15(9-17(23)24)18(25)21-19-20-14(4)16(26-19)11-22-7-5-13(3)6-8-22/h12-13,15H,5-11H2,1-4H3,(H,20,21,25). The van der Waals surface area contributed by atoms with Gasteiger partial charge in [0.25, 0.3) is 0 Å². The van der Waals surface area contributed by atoms with E-state index < -0.39 is 0 Å². The van der Waals surface area contributed by atoms with E-state index in [1.165, 1.54) is 17.7 Å². The highest BCUT2D eigenvalue weighted by Gasteiger charge is 2.35. The first-order valence-corrected chi connectivity index (χ1v) is 10.4. The number of aromatic nitrogens is 1. The Morgan fingerprint density at radius 3 is 2.65 bits per heavy atom. The number of hydrogen-bond acceptors (Lipinski definition) is 5. The van der Waals surface area contributed by atoms with Gasteiger partial charge in [-0.3, -0.25) is 14.5 Å². The van der Waals surface area contributed by atoms with Crippen LogP contribution in [0.15, 0.2) is 0 Å². The first kappa shape index (κ1) is 19.3. The zero-order valence-electron chi connectivity index (χ0n) is 16.2. The van der Waals surface area contributed by atoms with Crippen LogP contribution in [-0.2, 0) is 16.1 Å². The number of amides is 2. The quantitative estimate of drug-likeness (QED) is 0.856. The molecule has 0 aliphatic carbocycles. The molecule has 6 nitrogen and oxygen atoms in total. The molecule has 1 unspecified atom stereocenters. The van der Waals surface area contributed by atoms with E-state index in [0.29, 0.717) is 18.1 Å². The van der Waals surface area contributed by atoms with Gasteiger partial charge in [-0.1, -0.05) is 6.92 Å². The van der Waals surface area contributed by atoms with Crippen LogP contribution in [0, 0.1) is 18.8 Å². The van der Waals surface area contributed by atoms with Gasteiger partial charge in [-0.25, -0.2) is 4.98 Å². The maximum Gasteiger partial charge on any atom is 0.231 e. The van der Waals surface area contributed by atoms with Crippen molar-refractivity contribution in [2.45, 2.75) is 59.5 Å². The van der Waals surface area contributed by atoms with E-state index >= 15 is 0 Å². The Morgan fingerprint density at radius 2 is 2.04 bits per heavy atom. The van der Waals surface area contributed by atoms with Crippen molar-refractivity contribution in [3.05, 3.63) is 10.6 Å². The van der Waals surface area contributed by atoms with Crippen LogP contribution in [0.5, 0.6) is 0 Å². The average Bonchev–Trinajstić information content (AvgIpc) is 3.13. The number of rotatable bonds is 5. The molecular weight excluding hydrogens is 348 g/mol. The number of thiazole rings is 1. The van der Waals surface area contributed by atoms with Crippen molar-refractivity contribution in [1.29, 1.82) is 0 Å². The summed E-state index contributed by atoms with van der Waals surface area (Å²) >= 11 is 1.57. The van der Waals surface area contributed by atoms with Crippen molar-refractivity contribution in [2.24, 2.45) is 11.8 Å². The van der Waals surface area contributed by atoms with Crippen LogP contribution in [0.4, 0.5) is 5.13 Å². The van der Waals surface area contributed by atoms with Crippen LogP contribution in [0.1, 0.15) is 50.6 Å². The highest BCUT2D eigenvalue weighted by molar-refractivity contribution is 7.15. The fourth-order valence-electron chi connectivity index (χ4n) is 3.67. The Balaban J connectivity index is 1.57. The lowest BCUT2D eigenvalue weighted by atomic mass is 9.99. The predicted octanol–water partition coefficient (Wildman–Crippen LogP) is 2.88. The molecule has 3 rings (SSSR count). The Morgan fingerprint density at radius 1 is 1.35 bits per heavy atom. The predicted molar refractivity (Wildman–Crippen MR) is 104 cm³/mol. The fourth-order valence-corrected chi connectivity index (χ4v) is 4.67. The number of carbonyl (C=O) groups is 2. The van der Waals surface area contributed by atoms with Crippen LogP contribution in [0.25, 0.3) is 0 Å². The normalized spacial score (nSPS) is 22.4. The van der Waals surface area contributed by atoms with Crippen LogP contribution in [0.3, 0.4) is 0 Å². The highest BCUT2D eigenvalue weighted by Crippen LogP contribution is 2.28. The number of aryl methyl sites for hydroxylation is 1. The first-order chi connectivity index (χ1) is 12.3. The second-order valence-electron chi connectivity index (χ2n) is 8.02. The van der Waals surface area contributed by atoms with Gasteiger partial charge < -0.3 is 10.2 Å². The number of nitrogens with one attached hydrogen (secondary N) is 1. The zero-order chi connectivity index (χ0) is 18.8. The third kappa shape index (κ3) is 4.43. The summed E-state index contributed by atoms with van der Waals surface area (Å²) in [4.78, 5) is 34.6. The summed E-state index contributed by atoms with van der Waals surface area (Å²) in [5, 5.41) is 3.60. The molecule has 2 fully saturated rings. The molecule has 2 aliphatic rings. The van der Waals surface area contributed by atoms with E-state index in [4.69, 9.17) is 0 Å². The van der Waals surface area contributed by atoms with E-state index in [1.807, 2.05) is 20.8 Å². The van der Waals surface area contributed by atoms with Crippen molar-refractivity contribution in [2.75, 3.05) is 25.0 Å². The smallest absolute Gasteiger partial charge is 0.231 e. The Labute approximate surface area is 160 Å². The van der Waals surface area contributed by atoms with Gasteiger partial charge >= 0.3 is 0 Å². The van der Waals surface area contributed by atoms with Crippen molar-refractivity contribution in [3.63, 3.8) is 0 Å². The minimum absolute atomic E-state index is 0.0653. The van der Waals surface area contributed by atoms with E-state index in [0.717, 1.165) is 31.2 Å². The van der Waals surface area contributed by atoms with Crippen LogP contribution in [0.2, 0.25) is 0 Å². The molecule has 2 amide bonds. The van der Waals surface area contributed by atoms with Gasteiger partial charge in [0.15, 0.2) is 5.13 Å². The minimum Gasteiger partial charge on any atom is -0.339 e. The number of nitrogens with zero attached hydrogens (tertiary/aromatic N) is 3. The summed E-state index contributed by atoms with van der Waals surface area (Å²) < 4.78 is 0. The van der Waals surface area contributed by atoms with Gasteiger partial charge in [-0.15, -0.1) is 11.3 Å². The molecule has 144 valence electrons. The first-order valence-electron chi connectivity index (χ1n) is 9.62. The topological polar surface area (TPSA) is 65.5 Å². The molecule has 1 atom stereocenters. The molecule has 0 bridgehead atoms. The fraction of sp³-hybridized carbons (Fsp3) is 0.737. The third-order valence-electron chi connectivity index (χ3n) is 5.52. The number of carbonyl (C=O) groups excluding carboxylic acids is 2. The molecule has 3 heterocycles. The van der Waals surface area contributed by atoms with Gasteiger partial charge in [0, 0.05) is 30.4 Å². The van der Waals surface area contributed by atoms with E-state index in [1.54, 1.807) is 16.2 Å². The molecule has 1 aromatic rings. The summed E-state index contributed by atoms with van der Waals surface area (Å²) in [5.74, 6) is 0.522. The van der Waals surface area contributed by atoms with Crippen molar-refractivity contribution < 1.29 is 9.59 Å². The van der Waals surface area contributed by atoms with E-state index in [2.05, 4.69) is 22.1 Å². The Bertz CT molecular complexity index is 664. The number of likely N-dealkylation sites (tertiary alicyclic amines) is 2. The maximum absolute atomic E-state index is 12.5. The molecule has 7 heteroatoms. The van der Waals surface area contributed by atoms with Gasteiger partial charge in [0.1, 0.15) is 0 Å². The summed E-state index contributed by atoms with van der Waals surface area (Å²) in [6.45, 7) is 12.0. The molecule has 0 spiro atoms. The molecule has 2 saturated heterocycles. The summed E-state index contributed by atoms with van der Waals surface area (Å²) in [7, 11) is 0. The Hall–Kier alpha value is -1.47. The van der Waals surface area contributed by atoms with Gasteiger partial charge in [-0.2, -0.15) is 0 Å². The van der Waals surface area contributed by atoms with Crippen LogP contribution < -0.4 is 5.32 Å². The van der Waals surface area contributed by atoms with Crippen LogP contribution in [-0.4, -0.2) is 52.3 Å². The Kier molecular flexibility index (Phi) is 5.97. The molecule has 26 heavy (non-hydrogen) atoms. The maximum atomic E-state index is 12.5. The lowest BCUT2D eigenvalue weighted by Gasteiger charge is -2.29. The number of piperidine rings is 1. The molecule has 1 aromatic heterocycles. The van der Waals surface area contributed by atoms with Crippen molar-refractivity contribution in [3.8, 4) is 0 Å². The lowest BCUT2D eigenvalue weighted by Crippen LogP contribution is -2.33. The number of hydrogen-bond donors (Lipinski definition) is 1. The molecule has 1 N–H and O–H groups in total. The molecular formula is C19H30N4O2S. The SMILES string of the molecule is Cc1nc(NC(=O)C2CC(=O)N(C(C)C)C2)sc1CN1CCC(C)CC1. The van der Waals surface area contributed by atoms with Gasteiger partial charge in [-0.05, 0) is 52.6 Å². The number of anilines is 1. The monoisotopic (exact) mass is 378 g/mol. The summed E-state index contributed by atoms with van der Waals surface area (Å²) in [6.07, 6.45) is 2.81. The highest BCUT2D eigenvalue weighted by atomic mass is 32.1. The van der Waals surface area contributed by atoms with E-state index in [9.17, 15) is 9.59 Å². The van der Waals surface area contributed by atoms with Gasteiger partial charge in [0.2, 0.25) is 11.8 Å². The molecule has 2 aliphatic heterocycles. The van der Waals surface area contributed by atoms with Gasteiger partial charge in [0.05, 0.1) is 11.6 Å². The molecule has 0 aromatic carbocycles. The van der Waals surface area contributed by atoms with Crippen LogP contribution >= 0.6 is 11.3 Å². The largest absolute Gasteiger partial charge is 0.339 e. The zero-order valence-corrected chi connectivity index (χ0v) is 17.1. The average molecular weight is 379 g/mol. The summed E-state index contributed by atoms with van der Waals surface area (Å²) in [5.41, 5.74) is 0.996. The second-order valence-corrected chi connectivity index (χ2v) is 9.10. The van der Waals surface area contributed by atoms with Crippen molar-refractivity contribution in [1.82, 2.24) is 14.8 Å². The molecule has 0 radical (unpaired) electrons. The van der Waals surface area contributed by atoms with Crippen molar-refractivity contribution >= 4 is 28.3 Å². The minimum atomic E-state index is -0.277. The lowest BCUT2D eigenvalue weighted by molar-refractivity contribution is -0.129. The molecule has 0 saturated carbocycles. The third-order valence-corrected chi connectivity index (χ3v) is 6.58. The second kappa shape index (κ2) is 8.05. The van der Waals surface area contributed by atoms with E-state index in [-0.39, 0.29) is 23.8 Å². The summed E-state index contributed by atoms with van der Waals surface area (Å²) in [6, 6.07) is 0.140.